The third-order valence-corrected chi connectivity index (χ3v) is 6.83. The fraction of sp³-hybridized carbons (Fsp3) is 0.316. The molecular formula is C19H19N3OS2. The number of aryl methyl sites for hydroxylation is 3. The van der Waals surface area contributed by atoms with Crippen LogP contribution in [0.15, 0.2) is 35.6 Å². The van der Waals surface area contributed by atoms with Gasteiger partial charge in [-0.25, -0.2) is 9.97 Å². The molecule has 0 unspecified atom stereocenters. The summed E-state index contributed by atoms with van der Waals surface area (Å²) in [4.78, 5) is 24.0. The van der Waals surface area contributed by atoms with Crippen LogP contribution in [-0.4, -0.2) is 21.1 Å². The van der Waals surface area contributed by atoms with Crippen molar-refractivity contribution in [1.82, 2.24) is 9.97 Å². The number of aromatic nitrogens is 2. The zero-order valence-corrected chi connectivity index (χ0v) is 15.8. The predicted molar refractivity (Wildman–Crippen MR) is 105 cm³/mol. The molecule has 128 valence electrons. The molecule has 0 fully saturated rings. The first-order valence-electron chi connectivity index (χ1n) is 8.42. The van der Waals surface area contributed by atoms with Gasteiger partial charge in [0.2, 0.25) is 5.91 Å². The summed E-state index contributed by atoms with van der Waals surface area (Å²) in [5.41, 5.74) is 3.33. The first-order valence-corrected chi connectivity index (χ1v) is 10.1. The number of hydrogen-bond donors (Lipinski definition) is 1. The van der Waals surface area contributed by atoms with Gasteiger partial charge in [-0.2, -0.15) is 0 Å². The Bertz CT molecular complexity index is 951. The number of hydrogen-bond acceptors (Lipinski definition) is 5. The summed E-state index contributed by atoms with van der Waals surface area (Å²) in [6, 6.07) is 7.83. The van der Waals surface area contributed by atoms with Crippen LogP contribution in [0.1, 0.15) is 29.3 Å². The van der Waals surface area contributed by atoms with Crippen LogP contribution in [0.3, 0.4) is 0 Å². The monoisotopic (exact) mass is 369 g/mol. The molecule has 0 bridgehead atoms. The van der Waals surface area contributed by atoms with Crippen LogP contribution in [0, 0.1) is 6.92 Å². The number of carbonyl (C=O) groups is 1. The molecule has 0 saturated heterocycles. The maximum Gasteiger partial charge on any atom is 0.237 e. The topological polar surface area (TPSA) is 54.9 Å². The molecule has 4 nitrogen and oxygen atoms in total. The largest absolute Gasteiger partial charge is 0.325 e. The summed E-state index contributed by atoms with van der Waals surface area (Å²) in [5, 5.41) is 4.89. The van der Waals surface area contributed by atoms with Crippen molar-refractivity contribution in [3.63, 3.8) is 0 Å². The smallest absolute Gasteiger partial charge is 0.237 e. The average Bonchev–Trinajstić information content (AvgIpc) is 3.18. The van der Waals surface area contributed by atoms with Crippen molar-refractivity contribution >= 4 is 44.9 Å². The van der Waals surface area contributed by atoms with Gasteiger partial charge in [0.25, 0.3) is 0 Å². The second kappa shape index (κ2) is 6.77. The van der Waals surface area contributed by atoms with E-state index in [1.807, 2.05) is 38.1 Å². The van der Waals surface area contributed by atoms with Crippen molar-refractivity contribution in [3.8, 4) is 0 Å². The van der Waals surface area contributed by atoms with Crippen molar-refractivity contribution in [1.29, 1.82) is 0 Å². The van der Waals surface area contributed by atoms with Gasteiger partial charge in [0.05, 0.1) is 5.25 Å². The maximum atomic E-state index is 12.6. The summed E-state index contributed by atoms with van der Waals surface area (Å²) in [7, 11) is 0. The van der Waals surface area contributed by atoms with E-state index in [2.05, 4.69) is 15.3 Å². The minimum atomic E-state index is -0.227. The third-order valence-electron chi connectivity index (χ3n) is 4.53. The third kappa shape index (κ3) is 3.16. The van der Waals surface area contributed by atoms with Gasteiger partial charge < -0.3 is 5.32 Å². The van der Waals surface area contributed by atoms with E-state index >= 15 is 0 Å². The number of para-hydroxylation sites is 1. The fourth-order valence-electron chi connectivity index (χ4n) is 3.16. The van der Waals surface area contributed by atoms with E-state index in [9.17, 15) is 4.79 Å². The highest BCUT2D eigenvalue weighted by atomic mass is 32.2. The molecule has 25 heavy (non-hydrogen) atoms. The molecule has 1 N–H and O–H groups in total. The van der Waals surface area contributed by atoms with Gasteiger partial charge in [-0.05, 0) is 50.3 Å². The van der Waals surface area contributed by atoms with Crippen molar-refractivity contribution in [2.45, 2.75) is 43.4 Å². The molecule has 1 amide bonds. The molecule has 0 aliphatic heterocycles. The molecule has 6 heteroatoms. The van der Waals surface area contributed by atoms with Gasteiger partial charge in [-0.15, -0.1) is 11.3 Å². The molecule has 0 radical (unpaired) electrons. The zero-order chi connectivity index (χ0) is 17.4. The normalized spacial score (nSPS) is 14.5. The number of anilines is 1. The Morgan fingerprint density at radius 3 is 2.96 bits per heavy atom. The van der Waals surface area contributed by atoms with Crippen LogP contribution >= 0.6 is 23.1 Å². The molecule has 1 aromatic carbocycles. The number of benzene rings is 1. The molecule has 0 saturated carbocycles. The number of amides is 1. The predicted octanol–water partition coefficient (Wildman–Crippen LogP) is 4.61. The lowest BCUT2D eigenvalue weighted by atomic mass is 10.2. The second-order valence-electron chi connectivity index (χ2n) is 6.28. The summed E-state index contributed by atoms with van der Waals surface area (Å²) >= 11 is 3.30. The van der Waals surface area contributed by atoms with Gasteiger partial charge >= 0.3 is 0 Å². The average molecular weight is 370 g/mol. The number of thioether (sulfide) groups is 1. The lowest BCUT2D eigenvalue weighted by Crippen LogP contribution is -2.23. The van der Waals surface area contributed by atoms with Crippen molar-refractivity contribution in [3.05, 3.63) is 46.6 Å². The summed E-state index contributed by atoms with van der Waals surface area (Å²) in [5.74, 6) is -0.00191. The number of fused-ring (bicyclic) bond motifs is 3. The van der Waals surface area contributed by atoms with Crippen LogP contribution < -0.4 is 5.32 Å². The zero-order valence-electron chi connectivity index (χ0n) is 14.2. The Balaban J connectivity index is 1.57. The van der Waals surface area contributed by atoms with Crippen molar-refractivity contribution < 1.29 is 4.79 Å². The fourth-order valence-corrected chi connectivity index (χ4v) is 5.40. The van der Waals surface area contributed by atoms with Gasteiger partial charge in [0.15, 0.2) is 0 Å². The molecule has 1 aliphatic rings. The lowest BCUT2D eigenvalue weighted by molar-refractivity contribution is -0.115. The Kier molecular flexibility index (Phi) is 4.48. The lowest BCUT2D eigenvalue weighted by Gasteiger charge is -2.13. The van der Waals surface area contributed by atoms with Crippen LogP contribution in [-0.2, 0) is 17.6 Å². The number of nitrogens with one attached hydrogen (secondary N) is 1. The van der Waals surface area contributed by atoms with Crippen LogP contribution in [0.4, 0.5) is 5.69 Å². The molecule has 0 spiro atoms. The SMILES string of the molecule is Cc1ccccc1NC(=O)[C@@H](C)Sc1ncnc2sc3c(c12)CCC3. The van der Waals surface area contributed by atoms with E-state index in [4.69, 9.17) is 0 Å². The van der Waals surface area contributed by atoms with Gasteiger partial charge in [0, 0.05) is 16.0 Å². The molecule has 3 aromatic rings. The van der Waals surface area contributed by atoms with Gasteiger partial charge in [0.1, 0.15) is 16.2 Å². The number of carbonyl (C=O) groups excluding carboxylic acids is 1. The Hall–Kier alpha value is -1.92. The van der Waals surface area contributed by atoms with Gasteiger partial charge in [-0.1, -0.05) is 30.0 Å². The van der Waals surface area contributed by atoms with E-state index in [-0.39, 0.29) is 11.2 Å². The standard InChI is InChI=1S/C19H19N3OS2/c1-11-6-3-4-8-14(11)22-17(23)12(2)24-18-16-13-7-5-9-15(13)25-19(16)21-10-20-18/h3-4,6,8,10,12H,5,7,9H2,1-2H3,(H,22,23)/t12-/m1/s1. The molecular weight excluding hydrogens is 350 g/mol. The van der Waals surface area contributed by atoms with E-state index in [1.54, 1.807) is 17.7 Å². The molecule has 4 rings (SSSR count). The first-order chi connectivity index (χ1) is 12.1. The highest BCUT2D eigenvalue weighted by molar-refractivity contribution is 8.00. The van der Waals surface area contributed by atoms with Crippen LogP contribution in [0.2, 0.25) is 0 Å². The van der Waals surface area contributed by atoms with E-state index in [1.165, 1.54) is 34.0 Å². The summed E-state index contributed by atoms with van der Waals surface area (Å²) in [6.07, 6.45) is 5.06. The Morgan fingerprint density at radius 1 is 1.28 bits per heavy atom. The number of nitrogens with zero attached hydrogens (tertiary/aromatic N) is 2. The Labute approximate surface area is 155 Å². The highest BCUT2D eigenvalue weighted by Crippen LogP contribution is 2.40. The first kappa shape index (κ1) is 16.5. The van der Waals surface area contributed by atoms with Crippen molar-refractivity contribution in [2.75, 3.05) is 5.32 Å². The second-order valence-corrected chi connectivity index (χ2v) is 8.69. The van der Waals surface area contributed by atoms with E-state index in [0.717, 1.165) is 33.9 Å². The minimum Gasteiger partial charge on any atom is -0.325 e. The van der Waals surface area contributed by atoms with E-state index < -0.39 is 0 Å². The van der Waals surface area contributed by atoms with Crippen LogP contribution in [0.25, 0.3) is 10.2 Å². The molecule has 1 atom stereocenters. The Morgan fingerprint density at radius 2 is 2.12 bits per heavy atom. The molecule has 1 aliphatic carbocycles. The quantitative estimate of drug-likeness (QED) is 0.539. The highest BCUT2D eigenvalue weighted by Gasteiger charge is 2.24. The summed E-state index contributed by atoms with van der Waals surface area (Å²) in [6.45, 7) is 3.93. The number of rotatable bonds is 4. The number of thiophene rings is 1. The molecule has 2 aromatic heterocycles. The molecule has 2 heterocycles. The van der Waals surface area contributed by atoms with Crippen LogP contribution in [0.5, 0.6) is 0 Å². The minimum absolute atomic E-state index is 0.00191. The van der Waals surface area contributed by atoms with E-state index in [0.29, 0.717) is 0 Å². The maximum absolute atomic E-state index is 12.6. The summed E-state index contributed by atoms with van der Waals surface area (Å²) < 4.78 is 0. The van der Waals surface area contributed by atoms with Gasteiger partial charge in [-0.3, -0.25) is 4.79 Å². The van der Waals surface area contributed by atoms with Crippen molar-refractivity contribution in [2.24, 2.45) is 0 Å².